The summed E-state index contributed by atoms with van der Waals surface area (Å²) in [6, 6.07) is 3.40. The molecule has 0 saturated heterocycles. The maximum atomic E-state index is 13.8. The molecular weight excluding hydrogens is 281 g/mol. The molecule has 1 atom stereocenters. The Balaban J connectivity index is 3.18. The minimum Gasteiger partial charge on any atom is -0.384 e. The molecular formula is C14H18FNO3S. The van der Waals surface area contributed by atoms with Gasteiger partial charge in [-0.05, 0) is 31.5 Å². The molecule has 4 nitrogen and oxygen atoms in total. The summed E-state index contributed by atoms with van der Waals surface area (Å²) in [6.07, 6.45) is 0.665. The molecule has 1 aromatic rings. The van der Waals surface area contributed by atoms with Crippen molar-refractivity contribution in [2.45, 2.75) is 31.2 Å². The van der Waals surface area contributed by atoms with Gasteiger partial charge in [-0.2, -0.15) is 4.31 Å². The normalized spacial score (nSPS) is 12.9. The first-order chi connectivity index (χ1) is 9.34. The van der Waals surface area contributed by atoms with E-state index in [-0.39, 0.29) is 23.1 Å². The van der Waals surface area contributed by atoms with Gasteiger partial charge in [0.2, 0.25) is 10.0 Å². The number of halogens is 1. The molecule has 0 aliphatic rings. The van der Waals surface area contributed by atoms with Gasteiger partial charge in [0.05, 0.1) is 10.5 Å². The van der Waals surface area contributed by atoms with E-state index in [0.29, 0.717) is 6.42 Å². The summed E-state index contributed by atoms with van der Waals surface area (Å²) >= 11 is 0. The second-order valence-electron chi connectivity index (χ2n) is 4.38. The molecule has 0 radical (unpaired) electrons. The molecule has 1 unspecified atom stereocenters. The topological polar surface area (TPSA) is 57.6 Å². The molecule has 0 aliphatic heterocycles. The number of hydrogen-bond acceptors (Lipinski definition) is 3. The fraction of sp³-hybridized carbons (Fsp3) is 0.429. The molecule has 0 bridgehead atoms. The highest BCUT2D eigenvalue weighted by atomic mass is 32.2. The summed E-state index contributed by atoms with van der Waals surface area (Å²) in [5, 5.41) is 8.56. The van der Waals surface area contributed by atoms with Gasteiger partial charge in [-0.1, -0.05) is 18.8 Å². The van der Waals surface area contributed by atoms with Crippen molar-refractivity contribution in [1.29, 1.82) is 0 Å². The van der Waals surface area contributed by atoms with E-state index >= 15 is 0 Å². The first-order valence-electron chi connectivity index (χ1n) is 6.21. The van der Waals surface area contributed by atoms with Crippen molar-refractivity contribution < 1.29 is 17.9 Å². The van der Waals surface area contributed by atoms with Gasteiger partial charge < -0.3 is 5.11 Å². The smallest absolute Gasteiger partial charge is 0.243 e. The maximum Gasteiger partial charge on any atom is 0.243 e. The van der Waals surface area contributed by atoms with Crippen LogP contribution in [0, 0.1) is 17.7 Å². The van der Waals surface area contributed by atoms with Gasteiger partial charge >= 0.3 is 0 Å². The summed E-state index contributed by atoms with van der Waals surface area (Å²) in [7, 11) is -2.24. The lowest BCUT2D eigenvalue weighted by atomic mass is 10.2. The van der Waals surface area contributed by atoms with Crippen molar-refractivity contribution in [3.63, 3.8) is 0 Å². The van der Waals surface area contributed by atoms with E-state index in [9.17, 15) is 12.8 Å². The van der Waals surface area contributed by atoms with Crippen LogP contribution in [0.4, 0.5) is 4.39 Å². The van der Waals surface area contributed by atoms with E-state index in [1.165, 1.54) is 23.5 Å². The van der Waals surface area contributed by atoms with E-state index in [1.807, 2.05) is 6.92 Å². The lowest BCUT2D eigenvalue weighted by Crippen LogP contribution is -2.34. The van der Waals surface area contributed by atoms with Crippen LogP contribution < -0.4 is 0 Å². The largest absolute Gasteiger partial charge is 0.384 e. The van der Waals surface area contributed by atoms with Crippen LogP contribution in [0.2, 0.25) is 0 Å². The summed E-state index contributed by atoms with van der Waals surface area (Å²) in [4.78, 5) is -0.104. The van der Waals surface area contributed by atoms with Crippen LogP contribution in [0.25, 0.3) is 0 Å². The number of aliphatic hydroxyl groups is 1. The van der Waals surface area contributed by atoms with Gasteiger partial charge in [0.25, 0.3) is 0 Å². The van der Waals surface area contributed by atoms with Gasteiger partial charge in [0.15, 0.2) is 0 Å². The van der Waals surface area contributed by atoms with Gasteiger partial charge in [-0.15, -0.1) is 0 Å². The van der Waals surface area contributed by atoms with Gasteiger partial charge in [0.1, 0.15) is 12.4 Å². The number of benzene rings is 1. The van der Waals surface area contributed by atoms with Crippen LogP contribution in [0.1, 0.15) is 25.8 Å². The lowest BCUT2D eigenvalue weighted by Gasteiger charge is -2.23. The molecule has 0 fully saturated rings. The van der Waals surface area contributed by atoms with Gasteiger partial charge in [-0.3, -0.25) is 0 Å². The molecule has 0 heterocycles. The van der Waals surface area contributed by atoms with Crippen LogP contribution in [-0.2, 0) is 10.0 Å². The molecule has 0 saturated carbocycles. The van der Waals surface area contributed by atoms with E-state index in [0.717, 1.165) is 6.07 Å². The van der Waals surface area contributed by atoms with Crippen molar-refractivity contribution in [2.24, 2.45) is 0 Å². The predicted molar refractivity (Wildman–Crippen MR) is 75.1 cm³/mol. The van der Waals surface area contributed by atoms with Crippen LogP contribution in [-0.4, -0.2) is 37.5 Å². The first kappa shape index (κ1) is 16.6. The Hall–Kier alpha value is -1.42. The minimum atomic E-state index is -3.71. The van der Waals surface area contributed by atoms with Crippen molar-refractivity contribution in [1.82, 2.24) is 4.31 Å². The lowest BCUT2D eigenvalue weighted by molar-refractivity contribution is 0.350. The van der Waals surface area contributed by atoms with Crippen molar-refractivity contribution in [3.8, 4) is 11.8 Å². The average molecular weight is 299 g/mol. The van der Waals surface area contributed by atoms with Crippen molar-refractivity contribution in [2.75, 3.05) is 13.7 Å². The number of aliphatic hydroxyl groups excluding tert-OH is 1. The SMILES string of the molecule is CCC(C)N(C)S(=O)(=O)c1ccc(C#CCO)c(F)c1. The number of nitrogens with zero attached hydrogens (tertiary/aromatic N) is 1. The highest BCUT2D eigenvalue weighted by molar-refractivity contribution is 7.89. The molecule has 20 heavy (non-hydrogen) atoms. The highest BCUT2D eigenvalue weighted by Crippen LogP contribution is 2.20. The maximum absolute atomic E-state index is 13.8. The predicted octanol–water partition coefficient (Wildman–Crippen LogP) is 1.59. The van der Waals surface area contributed by atoms with Gasteiger partial charge in [-0.25, -0.2) is 12.8 Å². The summed E-state index contributed by atoms with van der Waals surface area (Å²) in [5.74, 6) is 4.02. The summed E-state index contributed by atoms with van der Waals surface area (Å²) < 4.78 is 39.6. The van der Waals surface area contributed by atoms with E-state index in [2.05, 4.69) is 11.8 Å². The van der Waals surface area contributed by atoms with Crippen LogP contribution in [0.15, 0.2) is 23.1 Å². The molecule has 0 amide bonds. The Morgan fingerprint density at radius 3 is 2.60 bits per heavy atom. The molecule has 6 heteroatoms. The van der Waals surface area contributed by atoms with E-state index in [1.54, 1.807) is 6.92 Å². The molecule has 0 aromatic heterocycles. The average Bonchev–Trinajstić information content (AvgIpc) is 2.44. The second-order valence-corrected chi connectivity index (χ2v) is 6.38. The third-order valence-corrected chi connectivity index (χ3v) is 5.10. The Kier molecular flexibility index (Phi) is 5.69. The Morgan fingerprint density at radius 1 is 1.45 bits per heavy atom. The zero-order valence-corrected chi connectivity index (χ0v) is 12.5. The monoisotopic (exact) mass is 299 g/mol. The van der Waals surface area contributed by atoms with Crippen LogP contribution in [0.5, 0.6) is 0 Å². The quantitative estimate of drug-likeness (QED) is 0.859. The Morgan fingerprint density at radius 2 is 2.10 bits per heavy atom. The molecule has 110 valence electrons. The fourth-order valence-corrected chi connectivity index (χ4v) is 3.00. The molecule has 1 aromatic carbocycles. The minimum absolute atomic E-state index is 0.0594. The number of rotatable bonds is 4. The standard InChI is InChI=1S/C14H18FNO3S/c1-4-11(2)16(3)20(18,19)13-8-7-12(6-5-9-17)14(15)10-13/h7-8,10-11,17H,4,9H2,1-3H3. The fourth-order valence-electron chi connectivity index (χ4n) is 1.55. The molecule has 0 spiro atoms. The number of sulfonamides is 1. The molecule has 0 aliphatic carbocycles. The third-order valence-electron chi connectivity index (χ3n) is 3.13. The zero-order chi connectivity index (χ0) is 15.3. The summed E-state index contributed by atoms with van der Waals surface area (Å²) in [6.45, 7) is 3.29. The number of hydrogen-bond donors (Lipinski definition) is 1. The van der Waals surface area contributed by atoms with Gasteiger partial charge in [0, 0.05) is 13.1 Å². The molecule has 1 rings (SSSR count). The highest BCUT2D eigenvalue weighted by Gasteiger charge is 2.25. The molecule has 1 N–H and O–H groups in total. The third kappa shape index (κ3) is 3.57. The van der Waals surface area contributed by atoms with E-state index < -0.39 is 15.8 Å². The Bertz CT molecular complexity index is 632. The van der Waals surface area contributed by atoms with Crippen LogP contribution >= 0.6 is 0 Å². The van der Waals surface area contributed by atoms with E-state index in [4.69, 9.17) is 5.11 Å². The van der Waals surface area contributed by atoms with Crippen LogP contribution in [0.3, 0.4) is 0 Å². The Labute approximate surface area is 119 Å². The zero-order valence-electron chi connectivity index (χ0n) is 11.7. The van der Waals surface area contributed by atoms with Crippen molar-refractivity contribution in [3.05, 3.63) is 29.6 Å². The second kappa shape index (κ2) is 6.84. The summed E-state index contributed by atoms with van der Waals surface area (Å²) in [5.41, 5.74) is 0.0594. The first-order valence-corrected chi connectivity index (χ1v) is 7.66. The van der Waals surface area contributed by atoms with Crippen molar-refractivity contribution >= 4 is 10.0 Å².